The van der Waals surface area contributed by atoms with Crippen LogP contribution in [0.1, 0.15) is 34.0 Å². The zero-order valence-electron chi connectivity index (χ0n) is 18.9. The van der Waals surface area contributed by atoms with Gasteiger partial charge in [0.1, 0.15) is 17.2 Å². The molecule has 184 valence electrons. The number of hydrogen-bond acceptors (Lipinski definition) is 6. The van der Waals surface area contributed by atoms with Crippen LogP contribution in [-0.2, 0) is 6.42 Å². The number of rotatable bonds is 5. The van der Waals surface area contributed by atoms with Gasteiger partial charge in [0.2, 0.25) is 5.88 Å². The zero-order chi connectivity index (χ0) is 25.4. The standard InChI is InChI=1S/C26H19F3N2O5/c1-34-18-7-8-19-20(12-18)31-21-10-15(11-22(32)24(21)25(19)33)14-2-9-23(30-13-14)35-16-3-5-17(6-4-16)36-26(27,28)29/h2-9,12-13,15H,10-11H2,1H3,(H,31,33). The SMILES string of the molecule is COc1ccc2c(=O)c3c([nH]c2c1)CC(c1ccc(Oc2ccc(OC(F)(F)F)cc2)nc1)CC3=O. The molecular formula is C26H19F3N2O5. The van der Waals surface area contributed by atoms with E-state index in [4.69, 9.17) is 9.47 Å². The minimum Gasteiger partial charge on any atom is -0.497 e. The maximum Gasteiger partial charge on any atom is 0.573 e. The van der Waals surface area contributed by atoms with Crippen LogP contribution in [0.3, 0.4) is 0 Å². The molecule has 2 aromatic carbocycles. The van der Waals surface area contributed by atoms with E-state index in [9.17, 15) is 22.8 Å². The highest BCUT2D eigenvalue weighted by molar-refractivity contribution is 6.01. The molecule has 0 radical (unpaired) electrons. The summed E-state index contributed by atoms with van der Waals surface area (Å²) in [5.74, 6) is 0.332. The minimum atomic E-state index is -4.77. The van der Waals surface area contributed by atoms with Crippen LogP contribution in [0.15, 0.2) is 65.6 Å². The van der Waals surface area contributed by atoms with Crippen molar-refractivity contribution < 1.29 is 32.2 Å². The molecule has 0 spiro atoms. The molecule has 0 saturated heterocycles. The Morgan fingerprint density at radius 2 is 1.67 bits per heavy atom. The topological polar surface area (TPSA) is 90.5 Å². The normalized spacial score (nSPS) is 15.4. The van der Waals surface area contributed by atoms with Crippen molar-refractivity contribution in [1.29, 1.82) is 0 Å². The lowest BCUT2D eigenvalue weighted by atomic mass is 9.81. The van der Waals surface area contributed by atoms with Crippen LogP contribution in [-0.4, -0.2) is 29.2 Å². The van der Waals surface area contributed by atoms with E-state index in [0.717, 1.165) is 17.7 Å². The first-order valence-corrected chi connectivity index (χ1v) is 11.0. The van der Waals surface area contributed by atoms with Crippen LogP contribution in [0, 0.1) is 0 Å². The highest BCUT2D eigenvalue weighted by Gasteiger charge is 2.31. The average Bonchev–Trinajstić information content (AvgIpc) is 2.84. The number of methoxy groups -OCH3 is 1. The number of Topliss-reactive ketones (excluding diaryl/α,β-unsaturated/α-hetero) is 1. The van der Waals surface area contributed by atoms with Gasteiger partial charge in [-0.15, -0.1) is 13.2 Å². The number of H-pyrrole nitrogens is 1. The van der Waals surface area contributed by atoms with Gasteiger partial charge < -0.3 is 19.2 Å². The second-order valence-electron chi connectivity index (χ2n) is 8.30. The van der Waals surface area contributed by atoms with Crippen molar-refractivity contribution in [2.75, 3.05) is 7.11 Å². The third-order valence-electron chi connectivity index (χ3n) is 5.96. The zero-order valence-corrected chi connectivity index (χ0v) is 18.9. The Labute approximate surface area is 202 Å². The number of ether oxygens (including phenoxy) is 3. The summed E-state index contributed by atoms with van der Waals surface area (Å²) in [4.78, 5) is 33.4. The predicted molar refractivity (Wildman–Crippen MR) is 124 cm³/mol. The summed E-state index contributed by atoms with van der Waals surface area (Å²) in [5.41, 5.74) is 1.86. The van der Waals surface area contributed by atoms with Crippen LogP contribution in [0.5, 0.6) is 23.1 Å². The molecular weight excluding hydrogens is 477 g/mol. The number of benzene rings is 2. The van der Waals surface area contributed by atoms with Gasteiger partial charge in [0.05, 0.1) is 18.2 Å². The van der Waals surface area contributed by atoms with Gasteiger partial charge in [-0.05, 0) is 54.3 Å². The molecule has 1 aliphatic carbocycles. The van der Waals surface area contributed by atoms with Crippen LogP contribution in [0.4, 0.5) is 13.2 Å². The van der Waals surface area contributed by atoms with Crippen molar-refractivity contribution >= 4 is 16.7 Å². The van der Waals surface area contributed by atoms with Crippen LogP contribution >= 0.6 is 0 Å². The third-order valence-corrected chi connectivity index (χ3v) is 5.96. The smallest absolute Gasteiger partial charge is 0.497 e. The molecule has 1 unspecified atom stereocenters. The van der Waals surface area contributed by atoms with Crippen LogP contribution in [0.2, 0.25) is 0 Å². The molecule has 0 aliphatic heterocycles. The summed E-state index contributed by atoms with van der Waals surface area (Å²) < 4.78 is 51.6. The Bertz CT molecular complexity index is 1500. The molecule has 1 aliphatic rings. The van der Waals surface area contributed by atoms with Gasteiger partial charge in [0, 0.05) is 35.8 Å². The van der Waals surface area contributed by atoms with Crippen molar-refractivity contribution in [2.45, 2.75) is 25.1 Å². The highest BCUT2D eigenvalue weighted by atomic mass is 19.4. The largest absolute Gasteiger partial charge is 0.573 e. The molecule has 1 N–H and O–H groups in total. The van der Waals surface area contributed by atoms with Crippen molar-refractivity contribution in [3.8, 4) is 23.1 Å². The summed E-state index contributed by atoms with van der Waals surface area (Å²) in [6.45, 7) is 0. The predicted octanol–water partition coefficient (Wildman–Crippen LogP) is 5.54. The van der Waals surface area contributed by atoms with Crippen molar-refractivity contribution in [3.63, 3.8) is 0 Å². The summed E-state index contributed by atoms with van der Waals surface area (Å²) >= 11 is 0. The average molecular weight is 496 g/mol. The van der Waals surface area contributed by atoms with E-state index in [1.54, 1.807) is 36.5 Å². The van der Waals surface area contributed by atoms with Gasteiger partial charge in [-0.1, -0.05) is 6.07 Å². The number of hydrogen-bond donors (Lipinski definition) is 1. The molecule has 0 amide bonds. The van der Waals surface area contributed by atoms with E-state index in [2.05, 4.69) is 14.7 Å². The van der Waals surface area contributed by atoms with Crippen LogP contribution < -0.4 is 19.6 Å². The number of halogens is 3. The van der Waals surface area contributed by atoms with Gasteiger partial charge in [-0.3, -0.25) is 9.59 Å². The number of carbonyl (C=O) groups is 1. The number of alkyl halides is 3. The Hall–Kier alpha value is -4.34. The fourth-order valence-corrected chi connectivity index (χ4v) is 4.30. The maximum absolute atomic E-state index is 13.0. The maximum atomic E-state index is 13.0. The van der Waals surface area contributed by atoms with Gasteiger partial charge in [-0.25, -0.2) is 4.98 Å². The number of pyridine rings is 2. The fourth-order valence-electron chi connectivity index (χ4n) is 4.30. The summed E-state index contributed by atoms with van der Waals surface area (Å²) in [7, 11) is 1.54. The first-order valence-electron chi connectivity index (χ1n) is 11.0. The van der Waals surface area contributed by atoms with E-state index in [1.165, 1.54) is 19.2 Å². The summed E-state index contributed by atoms with van der Waals surface area (Å²) in [5, 5.41) is 0.433. The second kappa shape index (κ2) is 9.03. The van der Waals surface area contributed by atoms with E-state index < -0.39 is 6.36 Å². The molecule has 0 bridgehead atoms. The van der Waals surface area contributed by atoms with Crippen molar-refractivity contribution in [3.05, 3.63) is 87.8 Å². The van der Waals surface area contributed by atoms with Gasteiger partial charge in [-0.2, -0.15) is 0 Å². The second-order valence-corrected chi connectivity index (χ2v) is 8.30. The number of nitrogens with zero attached hydrogens (tertiary/aromatic N) is 1. The van der Waals surface area contributed by atoms with E-state index in [-0.39, 0.29) is 46.5 Å². The Kier molecular flexibility index (Phi) is 5.87. The highest BCUT2D eigenvalue weighted by Crippen LogP contribution is 2.33. The van der Waals surface area contributed by atoms with Crippen molar-refractivity contribution in [2.24, 2.45) is 0 Å². The fraction of sp³-hybridized carbons (Fsp3) is 0.192. The number of carbonyl (C=O) groups excluding carboxylic acids is 1. The van der Waals surface area contributed by atoms with Gasteiger partial charge in [0.25, 0.3) is 0 Å². The van der Waals surface area contributed by atoms with Crippen LogP contribution in [0.25, 0.3) is 10.9 Å². The van der Waals surface area contributed by atoms with Gasteiger partial charge >= 0.3 is 6.36 Å². The van der Waals surface area contributed by atoms with E-state index >= 15 is 0 Å². The molecule has 1 atom stereocenters. The molecule has 0 saturated carbocycles. The molecule has 5 rings (SSSR count). The third kappa shape index (κ3) is 4.74. The number of nitrogens with one attached hydrogen (secondary N) is 1. The molecule has 10 heteroatoms. The molecule has 36 heavy (non-hydrogen) atoms. The van der Waals surface area contributed by atoms with E-state index in [1.807, 2.05) is 0 Å². The summed E-state index contributed by atoms with van der Waals surface area (Å²) in [6.07, 6.45) is -2.57. The Balaban J connectivity index is 1.34. The molecule has 2 heterocycles. The lowest BCUT2D eigenvalue weighted by Gasteiger charge is -2.24. The lowest BCUT2D eigenvalue weighted by Crippen LogP contribution is -2.27. The number of aromatic amines is 1. The van der Waals surface area contributed by atoms with E-state index in [0.29, 0.717) is 28.8 Å². The Morgan fingerprint density at radius 3 is 2.33 bits per heavy atom. The number of aromatic nitrogens is 2. The molecule has 4 aromatic rings. The molecule has 0 fully saturated rings. The lowest BCUT2D eigenvalue weighted by molar-refractivity contribution is -0.274. The van der Waals surface area contributed by atoms with Gasteiger partial charge in [0.15, 0.2) is 11.2 Å². The Morgan fingerprint density at radius 1 is 0.944 bits per heavy atom. The number of fused-ring (bicyclic) bond motifs is 2. The number of ketones is 1. The quantitative estimate of drug-likeness (QED) is 0.391. The molecule has 7 nitrogen and oxygen atoms in total. The minimum absolute atomic E-state index is 0.167. The monoisotopic (exact) mass is 496 g/mol. The summed E-state index contributed by atoms with van der Waals surface area (Å²) in [6, 6.07) is 13.4. The molecule has 2 aromatic heterocycles. The van der Waals surface area contributed by atoms with Crippen molar-refractivity contribution in [1.82, 2.24) is 9.97 Å². The first kappa shape index (κ1) is 23.4. The first-order chi connectivity index (χ1) is 17.2.